The summed E-state index contributed by atoms with van der Waals surface area (Å²) in [5.74, 6) is -2.22. The van der Waals surface area contributed by atoms with Crippen LogP contribution in [0.4, 0.5) is 5.69 Å². The van der Waals surface area contributed by atoms with Crippen LogP contribution in [0, 0.1) is 11.8 Å². The third-order valence-electron chi connectivity index (χ3n) is 8.21. The van der Waals surface area contributed by atoms with Crippen LogP contribution in [0.25, 0.3) is 0 Å². The van der Waals surface area contributed by atoms with Crippen LogP contribution < -0.4 is 4.90 Å². The molecule has 37 heavy (non-hydrogen) atoms. The molecule has 2 unspecified atom stereocenters. The number of ether oxygens (including phenoxy) is 1. The second-order valence-corrected chi connectivity index (χ2v) is 10.5. The number of fused-ring (bicyclic) bond motifs is 1. The summed E-state index contributed by atoms with van der Waals surface area (Å²) in [5, 5.41) is 10.2. The molecule has 0 aromatic heterocycles. The van der Waals surface area contributed by atoms with E-state index < -0.39 is 35.6 Å². The van der Waals surface area contributed by atoms with Gasteiger partial charge in [0.05, 0.1) is 30.6 Å². The molecule has 3 amide bonds. The summed E-state index contributed by atoms with van der Waals surface area (Å²) in [6.45, 7) is 13.7. The van der Waals surface area contributed by atoms with E-state index in [4.69, 9.17) is 4.74 Å². The molecule has 8 heteroatoms. The van der Waals surface area contributed by atoms with Crippen molar-refractivity contribution in [3.05, 3.63) is 55.6 Å². The highest BCUT2D eigenvalue weighted by molar-refractivity contribution is 6.03. The first-order chi connectivity index (χ1) is 17.8. The summed E-state index contributed by atoms with van der Waals surface area (Å²) in [7, 11) is 0. The summed E-state index contributed by atoms with van der Waals surface area (Å²) < 4.78 is 6.57. The molecule has 3 saturated heterocycles. The second kappa shape index (κ2) is 10.8. The van der Waals surface area contributed by atoms with Gasteiger partial charge in [0.2, 0.25) is 17.7 Å². The number of likely N-dealkylation sites (tertiary alicyclic amines) is 1. The monoisotopic (exact) mass is 509 g/mol. The largest absolute Gasteiger partial charge is 0.394 e. The number of aliphatic hydroxyl groups excluding tert-OH is 1. The van der Waals surface area contributed by atoms with Gasteiger partial charge in [0, 0.05) is 24.8 Å². The van der Waals surface area contributed by atoms with Crippen molar-refractivity contribution in [2.75, 3.05) is 24.6 Å². The molecule has 3 fully saturated rings. The molecule has 3 heterocycles. The zero-order valence-electron chi connectivity index (χ0n) is 22.1. The van der Waals surface area contributed by atoms with Gasteiger partial charge in [-0.3, -0.25) is 14.4 Å². The number of carbonyl (C=O) groups excluding carboxylic acids is 3. The first-order valence-electron chi connectivity index (χ1n) is 13.3. The third-order valence-corrected chi connectivity index (χ3v) is 8.21. The maximum absolute atomic E-state index is 14.2. The molecule has 0 saturated carbocycles. The van der Waals surface area contributed by atoms with Crippen molar-refractivity contribution in [1.82, 2.24) is 9.80 Å². The van der Waals surface area contributed by atoms with Crippen LogP contribution in [0.5, 0.6) is 0 Å². The van der Waals surface area contributed by atoms with E-state index in [1.54, 1.807) is 22.0 Å². The molecule has 200 valence electrons. The van der Waals surface area contributed by atoms with E-state index in [0.29, 0.717) is 32.4 Å². The summed E-state index contributed by atoms with van der Waals surface area (Å²) in [6.07, 6.45) is 4.47. The number of anilines is 1. The number of rotatable bonds is 11. The van der Waals surface area contributed by atoms with E-state index >= 15 is 0 Å². The van der Waals surface area contributed by atoms with Crippen LogP contribution in [0.2, 0.25) is 0 Å². The summed E-state index contributed by atoms with van der Waals surface area (Å²) >= 11 is 0. The smallest absolute Gasteiger partial charge is 0.248 e. The number of benzene rings is 1. The van der Waals surface area contributed by atoms with Crippen molar-refractivity contribution in [3.63, 3.8) is 0 Å². The number of hydrogen-bond donors (Lipinski definition) is 1. The fourth-order valence-corrected chi connectivity index (χ4v) is 6.55. The molecule has 1 N–H and O–H groups in total. The van der Waals surface area contributed by atoms with E-state index in [9.17, 15) is 19.5 Å². The molecule has 1 aromatic carbocycles. The summed E-state index contributed by atoms with van der Waals surface area (Å²) in [6, 6.07) is 7.75. The Labute approximate surface area is 219 Å². The average molecular weight is 510 g/mol. The van der Waals surface area contributed by atoms with Gasteiger partial charge in [0.25, 0.3) is 0 Å². The lowest BCUT2D eigenvalue weighted by Gasteiger charge is -2.40. The third kappa shape index (κ3) is 4.30. The van der Waals surface area contributed by atoms with E-state index in [2.05, 4.69) is 13.2 Å². The van der Waals surface area contributed by atoms with Gasteiger partial charge in [0.1, 0.15) is 11.6 Å². The molecule has 3 aliphatic rings. The predicted molar refractivity (Wildman–Crippen MR) is 142 cm³/mol. The molecular formula is C29H39N3O5. The van der Waals surface area contributed by atoms with Crippen molar-refractivity contribution in [3.8, 4) is 0 Å². The van der Waals surface area contributed by atoms with Crippen LogP contribution in [0.15, 0.2) is 55.6 Å². The predicted octanol–water partition coefficient (Wildman–Crippen LogP) is 2.77. The van der Waals surface area contributed by atoms with Gasteiger partial charge in [-0.05, 0) is 45.2 Å². The van der Waals surface area contributed by atoms with Crippen LogP contribution in [-0.4, -0.2) is 82.2 Å². The number of para-hydroxylation sites is 1. The zero-order valence-corrected chi connectivity index (χ0v) is 22.1. The molecule has 0 radical (unpaired) electrons. The lowest BCUT2D eigenvalue weighted by atomic mass is 9.70. The Hall–Kier alpha value is -2.97. The number of carbonyl (C=O) groups is 3. The SMILES string of the molecule is C=CCN(C(=O)[C@@H]1[C@@H]2CCC3(O2)C(C(=O)N(CC=C)C(C)C)N([C@@H](CC)CO)C(=O)[C@H]13)c1ccccc1. The van der Waals surface area contributed by atoms with Gasteiger partial charge in [0.15, 0.2) is 0 Å². The topological polar surface area (TPSA) is 90.4 Å². The first-order valence-corrected chi connectivity index (χ1v) is 13.3. The van der Waals surface area contributed by atoms with E-state index in [0.717, 1.165) is 5.69 Å². The quantitative estimate of drug-likeness (QED) is 0.464. The minimum absolute atomic E-state index is 0.121. The maximum atomic E-state index is 14.2. The normalized spacial score (nSPS) is 28.8. The van der Waals surface area contributed by atoms with Crippen molar-refractivity contribution < 1.29 is 24.2 Å². The zero-order chi connectivity index (χ0) is 26.9. The minimum atomic E-state index is -1.10. The number of nitrogens with zero attached hydrogens (tertiary/aromatic N) is 3. The van der Waals surface area contributed by atoms with Crippen molar-refractivity contribution in [2.24, 2.45) is 11.8 Å². The highest BCUT2D eigenvalue weighted by Gasteiger charge is 2.75. The van der Waals surface area contributed by atoms with Gasteiger partial charge < -0.3 is 24.5 Å². The van der Waals surface area contributed by atoms with E-state index in [1.807, 2.05) is 51.1 Å². The fourth-order valence-electron chi connectivity index (χ4n) is 6.55. The van der Waals surface area contributed by atoms with Crippen molar-refractivity contribution in [2.45, 2.75) is 69.9 Å². The molecule has 0 aliphatic carbocycles. The number of amides is 3. The number of hydrogen-bond acceptors (Lipinski definition) is 5. The fraction of sp³-hybridized carbons (Fsp3) is 0.552. The van der Waals surface area contributed by atoms with Gasteiger partial charge in [-0.25, -0.2) is 0 Å². The molecule has 1 spiro atoms. The first kappa shape index (κ1) is 27.1. The van der Waals surface area contributed by atoms with Crippen molar-refractivity contribution in [1.29, 1.82) is 0 Å². The van der Waals surface area contributed by atoms with Crippen LogP contribution in [-0.2, 0) is 19.1 Å². The van der Waals surface area contributed by atoms with Crippen LogP contribution >= 0.6 is 0 Å². The molecule has 1 aromatic rings. The van der Waals surface area contributed by atoms with E-state index in [-0.39, 0.29) is 30.4 Å². The Bertz CT molecular complexity index is 1040. The Kier molecular flexibility index (Phi) is 7.90. The maximum Gasteiger partial charge on any atom is 0.248 e. The molecule has 4 rings (SSSR count). The lowest BCUT2D eigenvalue weighted by Crippen LogP contribution is -2.59. The van der Waals surface area contributed by atoms with Gasteiger partial charge in [-0.2, -0.15) is 0 Å². The van der Waals surface area contributed by atoms with Crippen LogP contribution in [0.3, 0.4) is 0 Å². The molecule has 3 aliphatic heterocycles. The van der Waals surface area contributed by atoms with Gasteiger partial charge >= 0.3 is 0 Å². The summed E-state index contributed by atoms with van der Waals surface area (Å²) in [5.41, 5.74) is -0.384. The Morgan fingerprint density at radius 3 is 2.43 bits per heavy atom. The lowest BCUT2D eigenvalue weighted by molar-refractivity contribution is -0.152. The molecule has 2 bridgehead atoms. The highest BCUT2D eigenvalue weighted by Crippen LogP contribution is 2.59. The Morgan fingerprint density at radius 2 is 1.86 bits per heavy atom. The average Bonchev–Trinajstić information content (AvgIpc) is 3.54. The standard InChI is InChI=1S/C29H39N3O5/c1-6-16-30(19(4)5)28(36)25-29-15-14-22(37-29)23(24(29)27(35)32(25)20(8-3)18-33)26(34)31(17-7-2)21-12-10-9-11-13-21/h6-7,9-13,19-20,22-25,33H,1-2,8,14-18H2,3-5H3/t20-,22-,23+,24-,25?,29?/m0/s1. The Balaban J connectivity index is 1.79. The molecule has 6 atom stereocenters. The minimum Gasteiger partial charge on any atom is -0.394 e. The van der Waals surface area contributed by atoms with Gasteiger partial charge in [-0.15, -0.1) is 13.2 Å². The second-order valence-electron chi connectivity index (χ2n) is 10.5. The summed E-state index contributed by atoms with van der Waals surface area (Å²) in [4.78, 5) is 47.3. The van der Waals surface area contributed by atoms with Gasteiger partial charge in [-0.1, -0.05) is 37.3 Å². The van der Waals surface area contributed by atoms with Crippen molar-refractivity contribution >= 4 is 23.4 Å². The Morgan fingerprint density at radius 1 is 1.19 bits per heavy atom. The number of aliphatic hydroxyl groups is 1. The molecular weight excluding hydrogens is 470 g/mol. The molecule has 8 nitrogen and oxygen atoms in total. The van der Waals surface area contributed by atoms with E-state index in [1.165, 1.54) is 4.90 Å². The highest BCUT2D eigenvalue weighted by atomic mass is 16.5. The van der Waals surface area contributed by atoms with Crippen LogP contribution in [0.1, 0.15) is 40.0 Å².